The Balaban J connectivity index is 2.30. The molecule has 1 aromatic carbocycles. The van der Waals surface area contributed by atoms with E-state index in [-0.39, 0.29) is 0 Å². The summed E-state index contributed by atoms with van der Waals surface area (Å²) in [7, 11) is 1.33. The van der Waals surface area contributed by atoms with Crippen molar-refractivity contribution in [3.8, 4) is 5.75 Å². The molecule has 0 fully saturated rings. The lowest BCUT2D eigenvalue weighted by Gasteiger charge is -2.19. The topological polar surface area (TPSA) is 73.9 Å². The van der Waals surface area contributed by atoms with E-state index in [0.717, 1.165) is 0 Å². The smallest absolute Gasteiger partial charge is 0.407 e. The van der Waals surface area contributed by atoms with Crippen LogP contribution in [-0.4, -0.2) is 37.9 Å². The molecule has 0 aromatic heterocycles. The number of rotatable bonds is 5. The third kappa shape index (κ3) is 6.65. The van der Waals surface area contributed by atoms with Gasteiger partial charge in [0.1, 0.15) is 18.0 Å². The van der Waals surface area contributed by atoms with Gasteiger partial charge in [0.2, 0.25) is 0 Å². The van der Waals surface area contributed by atoms with Crippen LogP contribution < -0.4 is 10.1 Å². The van der Waals surface area contributed by atoms with E-state index >= 15 is 0 Å². The maximum atomic E-state index is 11.4. The van der Waals surface area contributed by atoms with Crippen LogP contribution in [0.5, 0.6) is 5.75 Å². The Morgan fingerprint density at radius 2 is 1.76 bits per heavy atom. The van der Waals surface area contributed by atoms with Gasteiger partial charge in [0.15, 0.2) is 0 Å². The molecule has 116 valence electrons. The molecule has 0 bridgehead atoms. The quantitative estimate of drug-likeness (QED) is 0.667. The SMILES string of the molecule is COC(=O)c1ccc(OCCNC(=O)OC(C)(C)C)cc1. The summed E-state index contributed by atoms with van der Waals surface area (Å²) in [5.74, 6) is 0.210. The van der Waals surface area contributed by atoms with Crippen molar-refractivity contribution in [3.05, 3.63) is 29.8 Å². The van der Waals surface area contributed by atoms with Crippen LogP contribution in [0.15, 0.2) is 24.3 Å². The predicted molar refractivity (Wildman–Crippen MR) is 77.5 cm³/mol. The fraction of sp³-hybridized carbons (Fsp3) is 0.467. The molecular weight excluding hydrogens is 274 g/mol. The first kappa shape index (κ1) is 16.8. The number of carbonyl (C=O) groups excluding carboxylic acids is 2. The van der Waals surface area contributed by atoms with Gasteiger partial charge in [0.05, 0.1) is 19.2 Å². The van der Waals surface area contributed by atoms with Crippen molar-refractivity contribution in [3.63, 3.8) is 0 Å². The van der Waals surface area contributed by atoms with Gasteiger partial charge in [-0.1, -0.05) is 0 Å². The van der Waals surface area contributed by atoms with Gasteiger partial charge in [-0.05, 0) is 45.0 Å². The normalized spacial score (nSPS) is 10.7. The van der Waals surface area contributed by atoms with Gasteiger partial charge in [-0.25, -0.2) is 9.59 Å². The molecule has 21 heavy (non-hydrogen) atoms. The molecule has 1 aromatic rings. The van der Waals surface area contributed by atoms with E-state index in [0.29, 0.717) is 24.5 Å². The molecule has 1 rings (SSSR count). The third-order valence-electron chi connectivity index (χ3n) is 2.31. The van der Waals surface area contributed by atoms with E-state index in [9.17, 15) is 9.59 Å². The highest BCUT2D eigenvalue weighted by Gasteiger charge is 2.15. The Morgan fingerprint density at radius 3 is 2.29 bits per heavy atom. The maximum Gasteiger partial charge on any atom is 0.407 e. The minimum absolute atomic E-state index is 0.302. The highest BCUT2D eigenvalue weighted by molar-refractivity contribution is 5.89. The number of carbonyl (C=O) groups is 2. The summed E-state index contributed by atoms with van der Waals surface area (Å²) in [5, 5.41) is 2.59. The van der Waals surface area contributed by atoms with Crippen LogP contribution in [0.4, 0.5) is 4.79 Å². The first-order chi connectivity index (χ1) is 9.81. The zero-order valence-corrected chi connectivity index (χ0v) is 12.8. The van der Waals surface area contributed by atoms with E-state index in [4.69, 9.17) is 9.47 Å². The number of methoxy groups -OCH3 is 1. The standard InChI is InChI=1S/C15H21NO5/c1-15(2,3)21-14(18)16-9-10-20-12-7-5-11(6-8-12)13(17)19-4/h5-8H,9-10H2,1-4H3,(H,16,18). The summed E-state index contributed by atoms with van der Waals surface area (Å²) >= 11 is 0. The molecule has 0 unspecified atom stereocenters. The number of amides is 1. The predicted octanol–water partition coefficient (Wildman–Crippen LogP) is 2.38. The van der Waals surface area contributed by atoms with Gasteiger partial charge in [0, 0.05) is 0 Å². The number of ether oxygens (including phenoxy) is 3. The van der Waals surface area contributed by atoms with E-state index in [1.165, 1.54) is 7.11 Å². The second kappa shape index (κ2) is 7.52. The summed E-state index contributed by atoms with van der Waals surface area (Å²) in [4.78, 5) is 22.6. The van der Waals surface area contributed by atoms with Gasteiger partial charge in [-0.15, -0.1) is 0 Å². The van der Waals surface area contributed by atoms with E-state index in [2.05, 4.69) is 10.1 Å². The van der Waals surface area contributed by atoms with Crippen LogP contribution in [0.2, 0.25) is 0 Å². The van der Waals surface area contributed by atoms with Crippen LogP contribution in [0.3, 0.4) is 0 Å². The highest BCUT2D eigenvalue weighted by atomic mass is 16.6. The largest absolute Gasteiger partial charge is 0.492 e. The molecule has 0 saturated carbocycles. The Hall–Kier alpha value is -2.24. The third-order valence-corrected chi connectivity index (χ3v) is 2.31. The number of alkyl carbamates (subject to hydrolysis) is 1. The molecule has 0 aliphatic carbocycles. The van der Waals surface area contributed by atoms with Crippen LogP contribution in [0, 0.1) is 0 Å². The summed E-state index contributed by atoms with van der Waals surface area (Å²) in [6.07, 6.45) is -0.480. The fourth-order valence-corrected chi connectivity index (χ4v) is 1.44. The van der Waals surface area contributed by atoms with Crippen molar-refractivity contribution in [2.45, 2.75) is 26.4 Å². The minimum Gasteiger partial charge on any atom is -0.492 e. The molecule has 0 atom stereocenters. The average Bonchev–Trinajstić information content (AvgIpc) is 2.41. The molecule has 1 amide bonds. The van der Waals surface area contributed by atoms with Gasteiger partial charge in [0.25, 0.3) is 0 Å². The van der Waals surface area contributed by atoms with Crippen molar-refractivity contribution < 1.29 is 23.8 Å². The molecule has 6 nitrogen and oxygen atoms in total. The Morgan fingerprint density at radius 1 is 1.14 bits per heavy atom. The van der Waals surface area contributed by atoms with Gasteiger partial charge in [-0.3, -0.25) is 0 Å². The molecule has 1 N–H and O–H groups in total. The van der Waals surface area contributed by atoms with Crippen LogP contribution in [0.1, 0.15) is 31.1 Å². The molecule has 0 saturated heterocycles. The Bertz CT molecular complexity index is 476. The van der Waals surface area contributed by atoms with Crippen LogP contribution in [0.25, 0.3) is 0 Å². The monoisotopic (exact) mass is 295 g/mol. The van der Waals surface area contributed by atoms with Gasteiger partial charge in [-0.2, -0.15) is 0 Å². The lowest BCUT2D eigenvalue weighted by Crippen LogP contribution is -2.34. The summed E-state index contributed by atoms with van der Waals surface area (Å²) in [5.41, 5.74) is -0.0639. The molecular formula is C15H21NO5. The summed E-state index contributed by atoms with van der Waals surface area (Å²) in [6, 6.07) is 6.56. The van der Waals surface area contributed by atoms with Crippen molar-refractivity contribution in [1.82, 2.24) is 5.32 Å². The zero-order chi connectivity index (χ0) is 15.9. The van der Waals surface area contributed by atoms with Gasteiger partial charge < -0.3 is 19.5 Å². The maximum absolute atomic E-state index is 11.4. The van der Waals surface area contributed by atoms with Crippen LogP contribution in [-0.2, 0) is 9.47 Å². The second-order valence-corrected chi connectivity index (χ2v) is 5.29. The van der Waals surface area contributed by atoms with Crippen molar-refractivity contribution >= 4 is 12.1 Å². The lowest BCUT2D eigenvalue weighted by molar-refractivity contribution is 0.0518. The Labute approximate surface area is 124 Å². The van der Waals surface area contributed by atoms with E-state index in [1.807, 2.05) is 0 Å². The first-order valence-corrected chi connectivity index (χ1v) is 6.60. The minimum atomic E-state index is -0.519. The number of esters is 1. The molecule has 0 heterocycles. The molecule has 0 radical (unpaired) electrons. The highest BCUT2D eigenvalue weighted by Crippen LogP contribution is 2.12. The van der Waals surface area contributed by atoms with Crippen molar-refractivity contribution in [1.29, 1.82) is 0 Å². The average molecular weight is 295 g/mol. The van der Waals surface area contributed by atoms with E-state index < -0.39 is 17.7 Å². The fourth-order valence-electron chi connectivity index (χ4n) is 1.44. The first-order valence-electron chi connectivity index (χ1n) is 6.60. The number of hydrogen-bond donors (Lipinski definition) is 1. The zero-order valence-electron chi connectivity index (χ0n) is 12.8. The molecule has 0 aliphatic heterocycles. The van der Waals surface area contributed by atoms with Crippen molar-refractivity contribution in [2.75, 3.05) is 20.3 Å². The Kier molecular flexibility index (Phi) is 6.02. The van der Waals surface area contributed by atoms with Gasteiger partial charge >= 0.3 is 12.1 Å². The molecule has 6 heteroatoms. The van der Waals surface area contributed by atoms with E-state index in [1.54, 1.807) is 45.0 Å². The summed E-state index contributed by atoms with van der Waals surface area (Å²) in [6.45, 7) is 6.02. The summed E-state index contributed by atoms with van der Waals surface area (Å²) < 4.78 is 15.1. The van der Waals surface area contributed by atoms with Crippen molar-refractivity contribution in [2.24, 2.45) is 0 Å². The lowest BCUT2D eigenvalue weighted by atomic mass is 10.2. The molecule has 0 spiro atoms. The number of nitrogens with one attached hydrogen (secondary N) is 1. The number of benzene rings is 1. The number of hydrogen-bond acceptors (Lipinski definition) is 5. The molecule has 0 aliphatic rings. The van der Waals surface area contributed by atoms with Crippen LogP contribution >= 0.6 is 0 Å². The second-order valence-electron chi connectivity index (χ2n) is 5.29.